The van der Waals surface area contributed by atoms with E-state index < -0.39 is 0 Å². The van der Waals surface area contributed by atoms with Crippen LogP contribution in [-0.4, -0.2) is 30.3 Å². The van der Waals surface area contributed by atoms with Crippen LogP contribution in [0.5, 0.6) is 0 Å². The molecule has 0 atom stereocenters. The molecule has 1 aromatic rings. The lowest BCUT2D eigenvalue weighted by Crippen LogP contribution is -2.32. The Morgan fingerprint density at radius 2 is 1.68 bits per heavy atom. The Bertz CT molecular complexity index is 384. The summed E-state index contributed by atoms with van der Waals surface area (Å²) < 4.78 is 0.894. The van der Waals surface area contributed by atoms with Gasteiger partial charge in [-0.3, -0.25) is 9.69 Å². The summed E-state index contributed by atoms with van der Waals surface area (Å²) >= 11 is 3.45. The van der Waals surface area contributed by atoms with Crippen LogP contribution in [0.3, 0.4) is 0 Å². The molecule has 1 aromatic carbocycles. The van der Waals surface area contributed by atoms with Gasteiger partial charge in [0.05, 0.1) is 6.54 Å². The quantitative estimate of drug-likeness (QED) is 0.621. The van der Waals surface area contributed by atoms with E-state index in [1.165, 1.54) is 12.8 Å². The van der Waals surface area contributed by atoms with E-state index in [9.17, 15) is 4.79 Å². The lowest BCUT2D eigenvalue weighted by atomic mass is 10.1. The topological polar surface area (TPSA) is 20.3 Å². The van der Waals surface area contributed by atoms with Crippen LogP contribution in [0.4, 0.5) is 0 Å². The lowest BCUT2D eigenvalue weighted by Gasteiger charge is -2.21. The molecule has 0 aliphatic carbocycles. The van der Waals surface area contributed by atoms with Gasteiger partial charge in [0, 0.05) is 10.0 Å². The molecule has 0 fully saturated rings. The molecular weight excluding hydrogens is 302 g/mol. The van der Waals surface area contributed by atoms with E-state index >= 15 is 0 Å². The molecule has 0 bridgehead atoms. The Morgan fingerprint density at radius 1 is 1.11 bits per heavy atom. The molecule has 0 radical (unpaired) electrons. The number of carbonyl (C=O) groups excluding carboxylic acids is 1. The minimum atomic E-state index is 0.208. The van der Waals surface area contributed by atoms with Crippen molar-refractivity contribution in [3.8, 4) is 0 Å². The predicted molar refractivity (Wildman–Crippen MR) is 84.7 cm³/mol. The van der Waals surface area contributed by atoms with Gasteiger partial charge in [-0.2, -0.15) is 0 Å². The minimum absolute atomic E-state index is 0.208. The second-order valence-corrected chi connectivity index (χ2v) is 5.74. The molecule has 1 rings (SSSR count). The standard InChI is InChI=1S/C16H24BrNO/c1-3-5-11-18(12-6-4-2)13-16(19)14-9-7-8-10-15(14)17/h7-10H,3-6,11-13H2,1-2H3. The molecule has 0 aromatic heterocycles. The first-order valence-electron chi connectivity index (χ1n) is 7.19. The molecule has 3 heteroatoms. The zero-order valence-electron chi connectivity index (χ0n) is 12.0. The van der Waals surface area contributed by atoms with E-state index in [1.807, 2.05) is 24.3 Å². The van der Waals surface area contributed by atoms with Crippen LogP contribution < -0.4 is 0 Å². The van der Waals surface area contributed by atoms with E-state index in [2.05, 4.69) is 34.7 Å². The summed E-state index contributed by atoms with van der Waals surface area (Å²) in [7, 11) is 0. The number of unbranched alkanes of at least 4 members (excludes halogenated alkanes) is 2. The van der Waals surface area contributed by atoms with Crippen LogP contribution in [0.2, 0.25) is 0 Å². The van der Waals surface area contributed by atoms with Crippen molar-refractivity contribution in [2.45, 2.75) is 39.5 Å². The number of benzene rings is 1. The molecule has 0 unspecified atom stereocenters. The highest BCUT2D eigenvalue weighted by molar-refractivity contribution is 9.10. The van der Waals surface area contributed by atoms with Crippen LogP contribution in [0.1, 0.15) is 49.9 Å². The van der Waals surface area contributed by atoms with Gasteiger partial charge >= 0.3 is 0 Å². The van der Waals surface area contributed by atoms with Crippen LogP contribution in [0, 0.1) is 0 Å². The second kappa shape index (κ2) is 9.27. The first kappa shape index (κ1) is 16.4. The third kappa shape index (κ3) is 5.87. The van der Waals surface area contributed by atoms with Crippen LogP contribution in [0.25, 0.3) is 0 Å². The van der Waals surface area contributed by atoms with Crippen LogP contribution in [-0.2, 0) is 0 Å². The molecule has 106 valence electrons. The summed E-state index contributed by atoms with van der Waals surface area (Å²) in [4.78, 5) is 14.6. The number of nitrogens with zero attached hydrogens (tertiary/aromatic N) is 1. The third-order valence-corrected chi connectivity index (χ3v) is 3.89. The van der Waals surface area contributed by atoms with Gasteiger partial charge in [0.15, 0.2) is 5.78 Å². The SMILES string of the molecule is CCCCN(CCCC)CC(=O)c1ccccc1Br. The number of rotatable bonds is 9. The molecular formula is C16H24BrNO. The predicted octanol–water partition coefficient (Wildman–Crippen LogP) is 4.53. The smallest absolute Gasteiger partial charge is 0.177 e. The molecule has 0 aliphatic rings. The van der Waals surface area contributed by atoms with Gasteiger partial charge in [-0.25, -0.2) is 0 Å². The number of halogens is 1. The number of ketones is 1. The van der Waals surface area contributed by atoms with E-state index in [4.69, 9.17) is 0 Å². The normalized spacial score (nSPS) is 10.9. The lowest BCUT2D eigenvalue weighted by molar-refractivity contribution is 0.0927. The average molecular weight is 326 g/mol. The Kier molecular flexibility index (Phi) is 7.99. The zero-order chi connectivity index (χ0) is 14.1. The number of carbonyl (C=O) groups is 1. The van der Waals surface area contributed by atoms with Crippen LogP contribution in [0.15, 0.2) is 28.7 Å². The van der Waals surface area contributed by atoms with Gasteiger partial charge < -0.3 is 0 Å². The summed E-state index contributed by atoms with van der Waals surface area (Å²) in [6.45, 7) is 6.95. The fourth-order valence-electron chi connectivity index (χ4n) is 2.01. The van der Waals surface area contributed by atoms with E-state index in [0.717, 1.165) is 36.0 Å². The van der Waals surface area contributed by atoms with E-state index in [0.29, 0.717) is 6.54 Å². The maximum Gasteiger partial charge on any atom is 0.177 e. The fourth-order valence-corrected chi connectivity index (χ4v) is 2.51. The third-order valence-electron chi connectivity index (χ3n) is 3.20. The minimum Gasteiger partial charge on any atom is -0.296 e. The van der Waals surface area contributed by atoms with Crippen molar-refractivity contribution in [1.29, 1.82) is 0 Å². The van der Waals surface area contributed by atoms with Crippen molar-refractivity contribution < 1.29 is 4.79 Å². The second-order valence-electron chi connectivity index (χ2n) is 4.89. The molecule has 2 nitrogen and oxygen atoms in total. The maximum atomic E-state index is 12.3. The molecule has 19 heavy (non-hydrogen) atoms. The van der Waals surface area contributed by atoms with E-state index in [-0.39, 0.29) is 5.78 Å². The molecule has 0 heterocycles. The summed E-state index contributed by atoms with van der Waals surface area (Å²) in [5.41, 5.74) is 0.792. The fraction of sp³-hybridized carbons (Fsp3) is 0.562. The van der Waals surface area contributed by atoms with Gasteiger partial charge in [0.1, 0.15) is 0 Å². The van der Waals surface area contributed by atoms with Gasteiger partial charge in [-0.15, -0.1) is 0 Å². The Labute approximate surface area is 125 Å². The molecule has 0 aliphatic heterocycles. The largest absolute Gasteiger partial charge is 0.296 e. The highest BCUT2D eigenvalue weighted by atomic mass is 79.9. The monoisotopic (exact) mass is 325 g/mol. The van der Waals surface area contributed by atoms with Crippen LogP contribution >= 0.6 is 15.9 Å². The van der Waals surface area contributed by atoms with E-state index in [1.54, 1.807) is 0 Å². The first-order valence-corrected chi connectivity index (χ1v) is 7.98. The van der Waals surface area contributed by atoms with Crippen molar-refractivity contribution in [2.75, 3.05) is 19.6 Å². The Balaban J connectivity index is 2.61. The maximum absolute atomic E-state index is 12.3. The zero-order valence-corrected chi connectivity index (χ0v) is 13.6. The number of hydrogen-bond donors (Lipinski definition) is 0. The van der Waals surface area contributed by atoms with Crippen molar-refractivity contribution in [1.82, 2.24) is 4.90 Å². The Hall–Kier alpha value is -0.670. The Morgan fingerprint density at radius 3 is 2.21 bits per heavy atom. The van der Waals surface area contributed by atoms with Gasteiger partial charge in [-0.05, 0) is 32.0 Å². The summed E-state index contributed by atoms with van der Waals surface area (Å²) in [5.74, 6) is 0.208. The van der Waals surface area contributed by atoms with Crippen molar-refractivity contribution in [2.24, 2.45) is 0 Å². The molecule has 0 saturated heterocycles. The number of Topliss-reactive ketones (excluding diaryl/α,β-unsaturated/α-hetero) is 1. The van der Waals surface area contributed by atoms with Crippen molar-refractivity contribution in [3.63, 3.8) is 0 Å². The van der Waals surface area contributed by atoms with Gasteiger partial charge in [0.2, 0.25) is 0 Å². The van der Waals surface area contributed by atoms with Gasteiger partial charge in [0.25, 0.3) is 0 Å². The molecule has 0 amide bonds. The molecule has 0 saturated carbocycles. The summed E-state index contributed by atoms with van der Waals surface area (Å²) in [5, 5.41) is 0. The van der Waals surface area contributed by atoms with Crippen molar-refractivity contribution >= 4 is 21.7 Å². The average Bonchev–Trinajstić information content (AvgIpc) is 2.42. The van der Waals surface area contributed by atoms with Gasteiger partial charge in [-0.1, -0.05) is 60.8 Å². The van der Waals surface area contributed by atoms with Crippen molar-refractivity contribution in [3.05, 3.63) is 34.3 Å². The number of hydrogen-bond acceptors (Lipinski definition) is 2. The highest BCUT2D eigenvalue weighted by Crippen LogP contribution is 2.17. The summed E-state index contributed by atoms with van der Waals surface area (Å²) in [6, 6.07) is 7.67. The molecule has 0 spiro atoms. The molecule has 0 N–H and O–H groups in total. The summed E-state index contributed by atoms with van der Waals surface area (Å²) in [6.07, 6.45) is 4.66. The first-order chi connectivity index (χ1) is 9.19. The highest BCUT2D eigenvalue weighted by Gasteiger charge is 2.13.